The van der Waals surface area contributed by atoms with E-state index < -0.39 is 6.10 Å². The quantitative estimate of drug-likeness (QED) is 0.683. The predicted octanol–water partition coefficient (Wildman–Crippen LogP) is 4.82. The smallest absolute Gasteiger partial charge is 0.0752 e. The van der Waals surface area contributed by atoms with E-state index in [1.807, 2.05) is 24.3 Å². The van der Waals surface area contributed by atoms with Crippen LogP contribution in [-0.4, -0.2) is 11.2 Å². The molecular formula is C22H28O. The molecule has 1 aliphatic carbocycles. The van der Waals surface area contributed by atoms with Crippen LogP contribution in [0.4, 0.5) is 0 Å². The van der Waals surface area contributed by atoms with Crippen molar-refractivity contribution >= 4 is 0 Å². The van der Waals surface area contributed by atoms with Crippen LogP contribution in [0.3, 0.4) is 0 Å². The first-order valence-corrected chi connectivity index (χ1v) is 8.38. The maximum Gasteiger partial charge on any atom is 0.0752 e. The summed E-state index contributed by atoms with van der Waals surface area (Å²) in [5.41, 5.74) is 1.32. The van der Waals surface area contributed by atoms with Crippen molar-refractivity contribution in [2.45, 2.75) is 18.9 Å². The molecular weight excluding hydrogens is 280 g/mol. The lowest BCUT2D eigenvalue weighted by Crippen LogP contribution is -2.32. The van der Waals surface area contributed by atoms with Crippen molar-refractivity contribution in [2.75, 3.05) is 0 Å². The van der Waals surface area contributed by atoms with Gasteiger partial charge in [0.15, 0.2) is 0 Å². The van der Waals surface area contributed by atoms with Gasteiger partial charge >= 0.3 is 0 Å². The van der Waals surface area contributed by atoms with E-state index in [0.717, 1.165) is 12.8 Å². The van der Waals surface area contributed by atoms with Crippen molar-refractivity contribution in [2.24, 2.45) is 29.6 Å². The summed E-state index contributed by atoms with van der Waals surface area (Å²) in [4.78, 5) is 0. The molecule has 1 N–H and O–H groups in total. The number of allylic oxidation sites excluding steroid dienone is 3. The summed E-state index contributed by atoms with van der Waals surface area (Å²) in [5, 5.41) is 10.6. The number of aliphatic hydroxyl groups is 1. The lowest BCUT2D eigenvalue weighted by molar-refractivity contribution is 0.0861. The fourth-order valence-corrected chi connectivity index (χ4v) is 4.27. The van der Waals surface area contributed by atoms with Crippen LogP contribution in [0.25, 0.3) is 0 Å². The van der Waals surface area contributed by atoms with Crippen molar-refractivity contribution in [1.82, 2.24) is 0 Å². The van der Waals surface area contributed by atoms with Crippen molar-refractivity contribution in [3.63, 3.8) is 0 Å². The Morgan fingerprint density at radius 3 is 2.17 bits per heavy atom. The Bertz CT molecular complexity index is 536. The molecule has 0 radical (unpaired) electrons. The molecule has 1 fully saturated rings. The van der Waals surface area contributed by atoms with E-state index in [2.05, 4.69) is 50.6 Å². The highest BCUT2D eigenvalue weighted by Crippen LogP contribution is 2.49. The van der Waals surface area contributed by atoms with E-state index in [9.17, 15) is 5.11 Å². The normalized spacial score (nSPS) is 28.3. The van der Waals surface area contributed by atoms with Crippen molar-refractivity contribution in [3.8, 4) is 0 Å². The average Bonchev–Trinajstić information content (AvgIpc) is 2.94. The van der Waals surface area contributed by atoms with Crippen LogP contribution in [0.15, 0.2) is 81.0 Å². The highest BCUT2D eigenvalue weighted by molar-refractivity contribution is 5.18. The Hall–Kier alpha value is -1.86. The third-order valence-corrected chi connectivity index (χ3v) is 5.33. The third-order valence-electron chi connectivity index (χ3n) is 5.33. The summed E-state index contributed by atoms with van der Waals surface area (Å²) < 4.78 is 0. The van der Waals surface area contributed by atoms with Crippen LogP contribution >= 0.6 is 0 Å². The van der Waals surface area contributed by atoms with Crippen molar-refractivity contribution < 1.29 is 5.11 Å². The Morgan fingerprint density at radius 2 is 1.65 bits per heavy atom. The topological polar surface area (TPSA) is 20.2 Å². The molecule has 1 aromatic rings. The first-order chi connectivity index (χ1) is 11.2. The molecule has 0 bridgehead atoms. The summed E-state index contributed by atoms with van der Waals surface area (Å²) >= 11 is 0. The molecule has 1 aliphatic rings. The minimum absolute atomic E-state index is 0.150. The molecule has 0 spiro atoms. The molecule has 0 amide bonds. The number of benzene rings is 1. The van der Waals surface area contributed by atoms with E-state index in [0.29, 0.717) is 11.8 Å². The summed E-state index contributed by atoms with van der Waals surface area (Å²) in [6.45, 7) is 15.8. The first-order valence-electron chi connectivity index (χ1n) is 8.38. The van der Waals surface area contributed by atoms with Gasteiger partial charge in [-0.15, -0.1) is 26.3 Å². The Labute approximate surface area is 140 Å². The van der Waals surface area contributed by atoms with Gasteiger partial charge in [0.05, 0.1) is 6.10 Å². The van der Waals surface area contributed by atoms with Gasteiger partial charge in [-0.25, -0.2) is 0 Å². The number of hydrogen-bond acceptors (Lipinski definition) is 1. The summed E-state index contributed by atoms with van der Waals surface area (Å²) in [5.74, 6) is 1.38. The zero-order valence-corrected chi connectivity index (χ0v) is 13.9. The highest BCUT2D eigenvalue weighted by Gasteiger charge is 2.46. The highest BCUT2D eigenvalue weighted by atomic mass is 16.3. The Kier molecular flexibility index (Phi) is 6.18. The van der Waals surface area contributed by atoms with E-state index in [4.69, 9.17) is 0 Å². The first kappa shape index (κ1) is 17.5. The number of aliphatic hydroxyl groups excluding tert-OH is 1. The lowest BCUT2D eigenvalue weighted by atomic mass is 9.74. The van der Waals surface area contributed by atoms with Gasteiger partial charge < -0.3 is 5.11 Å². The van der Waals surface area contributed by atoms with Crippen molar-refractivity contribution in [3.05, 3.63) is 86.5 Å². The minimum Gasteiger partial charge on any atom is -0.389 e. The van der Waals surface area contributed by atoms with E-state index in [1.54, 1.807) is 6.08 Å². The fraction of sp³-hybridized carbons (Fsp3) is 0.364. The maximum atomic E-state index is 10.6. The zero-order valence-electron chi connectivity index (χ0n) is 13.9. The molecule has 23 heavy (non-hydrogen) atoms. The molecule has 5 atom stereocenters. The van der Waals surface area contributed by atoms with E-state index in [1.165, 1.54) is 5.56 Å². The second-order valence-corrected chi connectivity index (χ2v) is 6.51. The summed E-state index contributed by atoms with van der Waals surface area (Å²) in [7, 11) is 0. The van der Waals surface area contributed by atoms with Gasteiger partial charge in [0.25, 0.3) is 0 Å². The van der Waals surface area contributed by atoms with Crippen LogP contribution in [0, 0.1) is 29.6 Å². The molecule has 0 saturated heterocycles. The van der Waals surface area contributed by atoms with E-state index >= 15 is 0 Å². The Morgan fingerprint density at radius 1 is 1.00 bits per heavy atom. The maximum absolute atomic E-state index is 10.6. The minimum atomic E-state index is -0.513. The summed E-state index contributed by atoms with van der Waals surface area (Å²) in [6.07, 6.45) is 9.10. The second kappa shape index (κ2) is 8.12. The monoisotopic (exact) mass is 308 g/mol. The third kappa shape index (κ3) is 3.73. The molecule has 1 saturated carbocycles. The second-order valence-electron chi connectivity index (χ2n) is 6.51. The molecule has 1 unspecified atom stereocenters. The molecule has 1 aromatic carbocycles. The molecule has 1 nitrogen and oxygen atoms in total. The van der Waals surface area contributed by atoms with Gasteiger partial charge in [0, 0.05) is 0 Å². The number of hydrogen-bond donors (Lipinski definition) is 1. The van der Waals surface area contributed by atoms with Gasteiger partial charge in [-0.2, -0.15) is 0 Å². The summed E-state index contributed by atoms with van der Waals surface area (Å²) in [6, 6.07) is 10.5. The van der Waals surface area contributed by atoms with Crippen molar-refractivity contribution in [1.29, 1.82) is 0 Å². The number of rotatable bonds is 8. The van der Waals surface area contributed by atoms with Gasteiger partial charge in [-0.1, -0.05) is 54.6 Å². The standard InChI is InChI=1S/C22H28O/c1-5-17(6-2)21-18(7-3)15-19(22(21)20(23)8-4)14-16-12-10-9-11-13-16/h5-13,17-23H,1-4,14-15H2/t18-,19-,20?,21+,22-/m1/s1. The van der Waals surface area contributed by atoms with Gasteiger partial charge in [0.2, 0.25) is 0 Å². The molecule has 0 aromatic heterocycles. The van der Waals surface area contributed by atoms with Crippen LogP contribution in [-0.2, 0) is 6.42 Å². The predicted molar refractivity (Wildman–Crippen MR) is 99.0 cm³/mol. The Balaban J connectivity index is 2.33. The lowest BCUT2D eigenvalue weighted by Gasteiger charge is -2.32. The fourth-order valence-electron chi connectivity index (χ4n) is 4.27. The van der Waals surface area contributed by atoms with Gasteiger partial charge in [-0.05, 0) is 48.0 Å². The molecule has 2 rings (SSSR count). The van der Waals surface area contributed by atoms with Gasteiger partial charge in [0.1, 0.15) is 0 Å². The SMILES string of the molecule is C=CC(C=C)[C@@H]1[C@@H](C(O)C=C)[C@H](Cc2ccccc2)C[C@H]1C=C. The molecule has 0 aliphatic heterocycles. The average molecular weight is 308 g/mol. The molecule has 0 heterocycles. The van der Waals surface area contributed by atoms with Gasteiger partial charge in [-0.3, -0.25) is 0 Å². The van der Waals surface area contributed by atoms with Crippen LogP contribution in [0.5, 0.6) is 0 Å². The molecule has 122 valence electrons. The zero-order chi connectivity index (χ0) is 16.8. The van der Waals surface area contributed by atoms with Crippen LogP contribution in [0.2, 0.25) is 0 Å². The van der Waals surface area contributed by atoms with E-state index in [-0.39, 0.29) is 17.8 Å². The van der Waals surface area contributed by atoms with Crippen LogP contribution in [0.1, 0.15) is 12.0 Å². The largest absolute Gasteiger partial charge is 0.389 e. The molecule has 1 heteroatoms. The van der Waals surface area contributed by atoms with Crippen LogP contribution < -0.4 is 0 Å².